The molecule has 0 radical (unpaired) electrons. The molecule has 5 heteroatoms. The third-order valence-electron chi connectivity index (χ3n) is 3.85. The Morgan fingerprint density at radius 3 is 2.81 bits per heavy atom. The van der Waals surface area contributed by atoms with Crippen molar-refractivity contribution in [1.29, 1.82) is 0 Å². The predicted octanol–water partition coefficient (Wildman–Crippen LogP) is 2.77. The number of hydrogen-bond acceptors (Lipinski definition) is 2. The Labute approximate surface area is 123 Å². The lowest BCUT2D eigenvalue weighted by Gasteiger charge is -2.26. The minimum atomic E-state index is -0.368. The molecule has 1 saturated carbocycles. The normalized spacial score (nSPS) is 15.7. The van der Waals surface area contributed by atoms with Crippen molar-refractivity contribution in [1.82, 2.24) is 14.7 Å². The van der Waals surface area contributed by atoms with E-state index in [2.05, 4.69) is 5.10 Å². The van der Waals surface area contributed by atoms with Gasteiger partial charge >= 0.3 is 0 Å². The van der Waals surface area contributed by atoms with Gasteiger partial charge in [-0.15, -0.1) is 0 Å². The molecular weight excluding hydrogens is 269 g/mol. The number of amides is 1. The standard InChI is InChI=1S/C16H18FN3O/c1-12(20-10-4-9-18-20)16(21)19(14-7-8-14)11-13-5-2-3-6-15(13)17/h2-6,9-10,12,14H,7-8,11H2,1H3. The number of aromatic nitrogens is 2. The van der Waals surface area contributed by atoms with Crippen LogP contribution in [0.1, 0.15) is 31.4 Å². The monoisotopic (exact) mass is 287 g/mol. The Kier molecular flexibility index (Phi) is 3.73. The zero-order chi connectivity index (χ0) is 14.8. The number of carbonyl (C=O) groups is 1. The second-order valence-electron chi connectivity index (χ2n) is 5.45. The summed E-state index contributed by atoms with van der Waals surface area (Å²) in [6.45, 7) is 2.15. The van der Waals surface area contributed by atoms with Crippen LogP contribution in [0.3, 0.4) is 0 Å². The molecule has 1 amide bonds. The molecule has 1 aliphatic carbocycles. The Hall–Kier alpha value is -2.17. The number of benzene rings is 1. The van der Waals surface area contributed by atoms with Crippen LogP contribution in [0.4, 0.5) is 4.39 Å². The maximum atomic E-state index is 13.8. The van der Waals surface area contributed by atoms with Crippen molar-refractivity contribution < 1.29 is 9.18 Å². The molecule has 1 aromatic heterocycles. The molecule has 0 saturated heterocycles. The first kappa shape index (κ1) is 13.8. The van der Waals surface area contributed by atoms with Gasteiger partial charge in [0.05, 0.1) is 0 Å². The molecule has 1 fully saturated rings. The van der Waals surface area contributed by atoms with Crippen LogP contribution in [0.15, 0.2) is 42.7 Å². The van der Waals surface area contributed by atoms with Gasteiger partial charge < -0.3 is 4.90 Å². The lowest BCUT2D eigenvalue weighted by Crippen LogP contribution is -2.37. The molecule has 2 aromatic rings. The van der Waals surface area contributed by atoms with Gasteiger partial charge in [0.15, 0.2) is 0 Å². The topological polar surface area (TPSA) is 38.1 Å². The first-order valence-corrected chi connectivity index (χ1v) is 7.20. The van der Waals surface area contributed by atoms with E-state index in [4.69, 9.17) is 0 Å². The first-order valence-electron chi connectivity index (χ1n) is 7.20. The van der Waals surface area contributed by atoms with Gasteiger partial charge in [-0.05, 0) is 31.9 Å². The van der Waals surface area contributed by atoms with Gasteiger partial charge in [0.25, 0.3) is 0 Å². The highest BCUT2D eigenvalue weighted by atomic mass is 19.1. The van der Waals surface area contributed by atoms with Crippen LogP contribution < -0.4 is 0 Å². The summed E-state index contributed by atoms with van der Waals surface area (Å²) in [5.74, 6) is -0.271. The molecule has 1 aromatic carbocycles. The van der Waals surface area contributed by atoms with Crippen LogP contribution in [-0.4, -0.2) is 26.6 Å². The summed E-state index contributed by atoms with van der Waals surface area (Å²) < 4.78 is 15.5. The van der Waals surface area contributed by atoms with Gasteiger partial charge in [-0.1, -0.05) is 18.2 Å². The molecule has 1 atom stereocenters. The van der Waals surface area contributed by atoms with E-state index in [-0.39, 0.29) is 23.8 Å². The average molecular weight is 287 g/mol. The minimum Gasteiger partial charge on any atom is -0.333 e. The number of hydrogen-bond donors (Lipinski definition) is 0. The third kappa shape index (κ3) is 2.96. The molecule has 1 aliphatic rings. The van der Waals surface area contributed by atoms with Crippen molar-refractivity contribution in [2.75, 3.05) is 0 Å². The van der Waals surface area contributed by atoms with Crippen LogP contribution >= 0.6 is 0 Å². The van der Waals surface area contributed by atoms with Gasteiger partial charge in [0.2, 0.25) is 5.91 Å². The van der Waals surface area contributed by atoms with Crippen molar-refractivity contribution in [3.63, 3.8) is 0 Å². The average Bonchev–Trinajstić information content (AvgIpc) is 3.18. The Bertz CT molecular complexity index is 622. The van der Waals surface area contributed by atoms with E-state index in [1.54, 1.807) is 46.2 Å². The second-order valence-corrected chi connectivity index (χ2v) is 5.45. The highest BCUT2D eigenvalue weighted by molar-refractivity contribution is 5.80. The predicted molar refractivity (Wildman–Crippen MR) is 76.9 cm³/mol. The Balaban J connectivity index is 1.79. The number of carbonyl (C=O) groups excluding carboxylic acids is 1. The molecule has 1 heterocycles. The number of rotatable bonds is 5. The molecule has 0 spiro atoms. The molecule has 110 valence electrons. The van der Waals surface area contributed by atoms with Crippen molar-refractivity contribution >= 4 is 5.91 Å². The quantitative estimate of drug-likeness (QED) is 0.848. The highest BCUT2D eigenvalue weighted by Gasteiger charge is 2.35. The summed E-state index contributed by atoms with van der Waals surface area (Å²) in [6.07, 6.45) is 5.41. The summed E-state index contributed by atoms with van der Waals surface area (Å²) >= 11 is 0. The Morgan fingerprint density at radius 1 is 1.43 bits per heavy atom. The van der Waals surface area contributed by atoms with Gasteiger partial charge in [-0.2, -0.15) is 5.10 Å². The van der Waals surface area contributed by atoms with E-state index in [1.807, 2.05) is 6.92 Å². The number of halogens is 1. The molecule has 0 aliphatic heterocycles. The number of nitrogens with zero attached hydrogens (tertiary/aromatic N) is 3. The van der Waals surface area contributed by atoms with E-state index in [0.717, 1.165) is 12.8 Å². The van der Waals surface area contributed by atoms with Crippen LogP contribution in [0.2, 0.25) is 0 Å². The summed E-state index contributed by atoms with van der Waals surface area (Å²) in [6, 6.07) is 8.28. The molecule has 0 bridgehead atoms. The van der Waals surface area contributed by atoms with E-state index in [1.165, 1.54) is 6.07 Å². The lowest BCUT2D eigenvalue weighted by molar-refractivity contribution is -0.135. The van der Waals surface area contributed by atoms with Crippen LogP contribution in [-0.2, 0) is 11.3 Å². The summed E-state index contributed by atoms with van der Waals surface area (Å²) in [7, 11) is 0. The fourth-order valence-electron chi connectivity index (χ4n) is 2.45. The molecule has 1 unspecified atom stereocenters. The Morgan fingerprint density at radius 2 is 2.19 bits per heavy atom. The SMILES string of the molecule is CC(C(=O)N(Cc1ccccc1F)C1CC1)n1cccn1. The summed E-state index contributed by atoms with van der Waals surface area (Å²) in [5, 5.41) is 4.12. The zero-order valence-electron chi connectivity index (χ0n) is 11.9. The summed E-state index contributed by atoms with van der Waals surface area (Å²) in [4.78, 5) is 14.5. The second kappa shape index (κ2) is 5.68. The largest absolute Gasteiger partial charge is 0.333 e. The minimum absolute atomic E-state index is 0.00977. The summed E-state index contributed by atoms with van der Waals surface area (Å²) in [5.41, 5.74) is 0.561. The lowest BCUT2D eigenvalue weighted by atomic mass is 10.1. The van der Waals surface area contributed by atoms with Crippen molar-refractivity contribution in [2.24, 2.45) is 0 Å². The highest BCUT2D eigenvalue weighted by Crippen LogP contribution is 2.30. The van der Waals surface area contributed by atoms with Gasteiger partial charge in [-0.25, -0.2) is 4.39 Å². The maximum Gasteiger partial charge on any atom is 0.247 e. The van der Waals surface area contributed by atoms with E-state index in [9.17, 15) is 9.18 Å². The molecule has 3 rings (SSSR count). The van der Waals surface area contributed by atoms with Crippen LogP contribution in [0.25, 0.3) is 0 Å². The van der Waals surface area contributed by atoms with Gasteiger partial charge in [0, 0.05) is 30.5 Å². The fourth-order valence-corrected chi connectivity index (χ4v) is 2.45. The van der Waals surface area contributed by atoms with Crippen molar-refractivity contribution in [3.8, 4) is 0 Å². The smallest absolute Gasteiger partial charge is 0.247 e. The van der Waals surface area contributed by atoms with E-state index < -0.39 is 0 Å². The molecule has 21 heavy (non-hydrogen) atoms. The van der Waals surface area contributed by atoms with Gasteiger partial charge in [0.1, 0.15) is 11.9 Å². The van der Waals surface area contributed by atoms with Crippen molar-refractivity contribution in [3.05, 3.63) is 54.1 Å². The van der Waals surface area contributed by atoms with Crippen LogP contribution in [0.5, 0.6) is 0 Å². The van der Waals surface area contributed by atoms with Gasteiger partial charge in [-0.3, -0.25) is 9.48 Å². The molecular formula is C16H18FN3O. The molecule has 4 nitrogen and oxygen atoms in total. The molecule has 0 N–H and O–H groups in total. The van der Waals surface area contributed by atoms with Crippen LogP contribution in [0, 0.1) is 5.82 Å². The van der Waals surface area contributed by atoms with Crippen molar-refractivity contribution in [2.45, 2.75) is 38.4 Å². The maximum absolute atomic E-state index is 13.8. The third-order valence-corrected chi connectivity index (χ3v) is 3.85. The van der Waals surface area contributed by atoms with E-state index in [0.29, 0.717) is 12.1 Å². The zero-order valence-corrected chi connectivity index (χ0v) is 11.9. The first-order chi connectivity index (χ1) is 10.2. The van der Waals surface area contributed by atoms with E-state index >= 15 is 0 Å². The fraction of sp³-hybridized carbons (Fsp3) is 0.375.